The van der Waals surface area contributed by atoms with Gasteiger partial charge in [-0.15, -0.1) is 0 Å². The van der Waals surface area contributed by atoms with Crippen molar-refractivity contribution in [3.8, 4) is 0 Å². The fraction of sp³-hybridized carbons (Fsp3) is 0.875. The summed E-state index contributed by atoms with van der Waals surface area (Å²) in [7, 11) is 0. The third kappa shape index (κ3) is 2.73. The molecular formula is C16H27N3O2. The van der Waals surface area contributed by atoms with E-state index in [0.717, 1.165) is 12.8 Å². The Labute approximate surface area is 126 Å². The summed E-state index contributed by atoms with van der Waals surface area (Å²) < 4.78 is 7.66. The largest absolute Gasteiger partial charge is 0.363 e. The highest BCUT2D eigenvalue weighted by molar-refractivity contribution is 4.98. The van der Waals surface area contributed by atoms with Crippen LogP contribution >= 0.6 is 0 Å². The maximum absolute atomic E-state index is 11.3. The predicted molar refractivity (Wildman–Crippen MR) is 79.6 cm³/mol. The van der Waals surface area contributed by atoms with Gasteiger partial charge >= 0.3 is 0 Å². The number of aliphatic hydroxyl groups is 1. The first-order chi connectivity index (χ1) is 10.0. The zero-order valence-corrected chi connectivity index (χ0v) is 13.2. The summed E-state index contributed by atoms with van der Waals surface area (Å²) in [6, 6.07) is -0.152. The van der Waals surface area contributed by atoms with E-state index < -0.39 is 5.79 Å². The minimum atomic E-state index is -1.15. The lowest BCUT2D eigenvalue weighted by Crippen LogP contribution is -2.49. The van der Waals surface area contributed by atoms with E-state index in [1.807, 2.05) is 4.68 Å². The lowest BCUT2D eigenvalue weighted by Gasteiger charge is -2.42. The van der Waals surface area contributed by atoms with E-state index >= 15 is 0 Å². The Bertz CT molecular complexity index is 454. The molecule has 1 aliphatic carbocycles. The van der Waals surface area contributed by atoms with Crippen LogP contribution in [0.2, 0.25) is 0 Å². The molecule has 1 N–H and O–H groups in total. The van der Waals surface area contributed by atoms with Gasteiger partial charge in [-0.1, -0.05) is 46.0 Å². The molecule has 0 radical (unpaired) electrons. The van der Waals surface area contributed by atoms with Gasteiger partial charge in [0.2, 0.25) is 0 Å². The van der Waals surface area contributed by atoms with Gasteiger partial charge in [0.25, 0.3) is 0 Å². The molecule has 0 aromatic carbocycles. The number of hydrogen-bond donors (Lipinski definition) is 1. The summed E-state index contributed by atoms with van der Waals surface area (Å²) in [5.74, 6) is -0.505. The number of ether oxygens (including phenoxy) is 1. The lowest BCUT2D eigenvalue weighted by atomic mass is 9.74. The van der Waals surface area contributed by atoms with Crippen molar-refractivity contribution in [2.75, 3.05) is 6.61 Å². The molecule has 1 aliphatic heterocycles. The van der Waals surface area contributed by atoms with Gasteiger partial charge in [-0.05, 0) is 18.8 Å². The third-order valence-corrected chi connectivity index (χ3v) is 5.51. The minimum absolute atomic E-state index is 0.152. The minimum Gasteiger partial charge on any atom is -0.363 e. The Morgan fingerprint density at radius 3 is 2.67 bits per heavy atom. The Kier molecular flexibility index (Phi) is 4.06. The SMILES string of the molecule is CC1(C)CCOC1(O)C(CC1CCCCC1)n1cncn1. The summed E-state index contributed by atoms with van der Waals surface area (Å²) >= 11 is 0. The second-order valence-corrected chi connectivity index (χ2v) is 7.31. The van der Waals surface area contributed by atoms with E-state index in [9.17, 15) is 5.11 Å². The number of hydrogen-bond acceptors (Lipinski definition) is 4. The molecule has 5 heteroatoms. The van der Waals surface area contributed by atoms with Crippen LogP contribution in [0.3, 0.4) is 0 Å². The molecule has 1 saturated carbocycles. The normalized spacial score (nSPS) is 31.4. The molecule has 2 fully saturated rings. The van der Waals surface area contributed by atoms with E-state index in [4.69, 9.17) is 4.74 Å². The van der Waals surface area contributed by atoms with Crippen LogP contribution < -0.4 is 0 Å². The van der Waals surface area contributed by atoms with Gasteiger partial charge < -0.3 is 9.84 Å². The molecule has 1 aromatic rings. The Balaban J connectivity index is 1.86. The standard InChI is InChI=1S/C16H27N3O2/c1-15(2)8-9-21-16(15,20)14(19-12-17-11-18-19)10-13-6-4-3-5-7-13/h11-14,20H,3-10H2,1-2H3. The van der Waals surface area contributed by atoms with E-state index in [2.05, 4.69) is 23.9 Å². The first-order valence-corrected chi connectivity index (χ1v) is 8.23. The molecule has 2 unspecified atom stereocenters. The molecule has 0 amide bonds. The molecule has 21 heavy (non-hydrogen) atoms. The van der Waals surface area contributed by atoms with Gasteiger partial charge in [-0.3, -0.25) is 0 Å². The molecule has 3 rings (SSSR count). The van der Waals surface area contributed by atoms with E-state index in [0.29, 0.717) is 12.5 Å². The average Bonchev–Trinajstić information content (AvgIpc) is 3.07. The Hall–Kier alpha value is -0.940. The smallest absolute Gasteiger partial charge is 0.193 e. The summed E-state index contributed by atoms with van der Waals surface area (Å²) in [4.78, 5) is 4.07. The second-order valence-electron chi connectivity index (χ2n) is 7.31. The molecular weight excluding hydrogens is 266 g/mol. The summed E-state index contributed by atoms with van der Waals surface area (Å²) in [6.45, 7) is 4.79. The summed E-state index contributed by atoms with van der Waals surface area (Å²) in [6.07, 6.45) is 11.5. The van der Waals surface area contributed by atoms with Gasteiger partial charge in [0.15, 0.2) is 5.79 Å². The first-order valence-electron chi connectivity index (χ1n) is 8.23. The van der Waals surface area contributed by atoms with E-state index in [1.165, 1.54) is 32.1 Å². The summed E-state index contributed by atoms with van der Waals surface area (Å²) in [5.41, 5.74) is -0.266. The maximum Gasteiger partial charge on any atom is 0.193 e. The number of rotatable bonds is 4. The first kappa shape index (κ1) is 15.0. The Morgan fingerprint density at radius 1 is 1.33 bits per heavy atom. The van der Waals surface area contributed by atoms with Crippen molar-refractivity contribution in [3.05, 3.63) is 12.7 Å². The lowest BCUT2D eigenvalue weighted by molar-refractivity contribution is -0.252. The van der Waals surface area contributed by atoms with Crippen LogP contribution in [0.15, 0.2) is 12.7 Å². The van der Waals surface area contributed by atoms with Gasteiger partial charge in [0, 0.05) is 5.41 Å². The van der Waals surface area contributed by atoms with Crippen molar-refractivity contribution in [1.29, 1.82) is 0 Å². The predicted octanol–water partition coefficient (Wildman–Crippen LogP) is 2.92. The molecule has 0 bridgehead atoms. The van der Waals surface area contributed by atoms with Crippen molar-refractivity contribution in [1.82, 2.24) is 14.8 Å². The highest BCUT2D eigenvalue weighted by atomic mass is 16.6. The highest BCUT2D eigenvalue weighted by Gasteiger charge is 2.55. The molecule has 2 aliphatic rings. The maximum atomic E-state index is 11.3. The molecule has 1 aromatic heterocycles. The molecule has 118 valence electrons. The second kappa shape index (κ2) is 5.69. The van der Waals surface area contributed by atoms with Crippen LogP contribution in [0.25, 0.3) is 0 Å². The highest BCUT2D eigenvalue weighted by Crippen LogP contribution is 2.50. The quantitative estimate of drug-likeness (QED) is 0.927. The zero-order valence-electron chi connectivity index (χ0n) is 13.2. The molecule has 1 saturated heterocycles. The van der Waals surface area contributed by atoms with Crippen LogP contribution in [0.5, 0.6) is 0 Å². The van der Waals surface area contributed by atoms with Crippen molar-refractivity contribution in [3.63, 3.8) is 0 Å². The fourth-order valence-electron chi connectivity index (χ4n) is 3.95. The zero-order chi connectivity index (χ0) is 14.9. The molecule has 2 atom stereocenters. The van der Waals surface area contributed by atoms with Crippen molar-refractivity contribution in [2.45, 2.75) is 70.6 Å². The van der Waals surface area contributed by atoms with Gasteiger partial charge in [0.05, 0.1) is 6.61 Å². The van der Waals surface area contributed by atoms with Crippen LogP contribution in [-0.2, 0) is 4.74 Å². The monoisotopic (exact) mass is 293 g/mol. The number of nitrogens with zero attached hydrogens (tertiary/aromatic N) is 3. The molecule has 2 heterocycles. The van der Waals surface area contributed by atoms with Crippen LogP contribution in [0.4, 0.5) is 0 Å². The average molecular weight is 293 g/mol. The topological polar surface area (TPSA) is 60.2 Å². The van der Waals surface area contributed by atoms with Crippen LogP contribution in [0, 0.1) is 11.3 Å². The number of aromatic nitrogens is 3. The summed E-state index contributed by atoms with van der Waals surface area (Å²) in [5, 5.41) is 15.6. The van der Waals surface area contributed by atoms with Crippen LogP contribution in [-0.4, -0.2) is 32.3 Å². The van der Waals surface area contributed by atoms with Gasteiger partial charge in [-0.2, -0.15) is 5.10 Å². The van der Waals surface area contributed by atoms with Gasteiger partial charge in [-0.25, -0.2) is 9.67 Å². The molecule has 0 spiro atoms. The third-order valence-electron chi connectivity index (χ3n) is 5.51. The van der Waals surface area contributed by atoms with E-state index in [-0.39, 0.29) is 11.5 Å². The molecule has 5 nitrogen and oxygen atoms in total. The van der Waals surface area contributed by atoms with Crippen molar-refractivity contribution in [2.24, 2.45) is 11.3 Å². The van der Waals surface area contributed by atoms with Crippen molar-refractivity contribution >= 4 is 0 Å². The van der Waals surface area contributed by atoms with Crippen molar-refractivity contribution < 1.29 is 9.84 Å². The van der Waals surface area contributed by atoms with Gasteiger partial charge in [0.1, 0.15) is 18.7 Å². The fourth-order valence-corrected chi connectivity index (χ4v) is 3.95. The van der Waals surface area contributed by atoms with Crippen LogP contribution in [0.1, 0.15) is 64.8 Å². The Morgan fingerprint density at radius 2 is 2.10 bits per heavy atom. The van der Waals surface area contributed by atoms with E-state index in [1.54, 1.807) is 12.7 Å².